The summed E-state index contributed by atoms with van der Waals surface area (Å²) in [7, 11) is 0.947. The minimum Gasteiger partial charge on any atom is -0.464 e. The fraction of sp³-hybridized carbons (Fsp3) is 0.727. The summed E-state index contributed by atoms with van der Waals surface area (Å²) in [4.78, 5) is 12.4. The highest BCUT2D eigenvalue weighted by molar-refractivity contribution is 7.84. The Morgan fingerprint density at radius 1 is 1.32 bits per heavy atom. The lowest BCUT2D eigenvalue weighted by Gasteiger charge is -2.14. The van der Waals surface area contributed by atoms with Gasteiger partial charge in [-0.25, -0.2) is 0 Å². The minimum absolute atomic E-state index is 0.130. The fourth-order valence-electron chi connectivity index (χ4n) is 1.36. The van der Waals surface area contributed by atoms with Crippen molar-refractivity contribution in [2.45, 2.75) is 26.3 Å². The van der Waals surface area contributed by atoms with Crippen molar-refractivity contribution >= 4 is 22.7 Å². The monoisotopic (exact) mass is 287 g/mol. The highest BCUT2D eigenvalue weighted by Gasteiger charge is 2.09. The molecular formula is C11H21N5O2S. The summed E-state index contributed by atoms with van der Waals surface area (Å²) in [5, 5.41) is 6.01. The van der Waals surface area contributed by atoms with Gasteiger partial charge in [0.25, 0.3) is 0 Å². The molecule has 108 valence electrons. The molecule has 2 atom stereocenters. The van der Waals surface area contributed by atoms with Crippen molar-refractivity contribution in [1.29, 1.82) is 0 Å². The summed E-state index contributed by atoms with van der Waals surface area (Å²) in [6, 6.07) is 0.418. The standard InChI is InChI=1S/C11H21N5O2S/c1-5-18-11-15-9(12-3)14-10(16-11)13-8(2)6-7-19(4)17/h8H,5-7H2,1-4H3,(H2,12,13,14,15,16). The van der Waals surface area contributed by atoms with Gasteiger partial charge in [-0.05, 0) is 20.3 Å². The second-order valence-electron chi connectivity index (χ2n) is 4.06. The van der Waals surface area contributed by atoms with Crippen molar-refractivity contribution in [3.05, 3.63) is 0 Å². The lowest BCUT2D eigenvalue weighted by molar-refractivity contribution is 0.312. The maximum Gasteiger partial charge on any atom is 0.323 e. The van der Waals surface area contributed by atoms with Crippen LogP contribution in [0.4, 0.5) is 11.9 Å². The predicted molar refractivity (Wildman–Crippen MR) is 77.2 cm³/mol. The Morgan fingerprint density at radius 3 is 2.58 bits per heavy atom. The van der Waals surface area contributed by atoms with Crippen LogP contribution in [0, 0.1) is 0 Å². The Labute approximate surface area is 116 Å². The number of rotatable bonds is 8. The second-order valence-corrected chi connectivity index (χ2v) is 5.61. The zero-order chi connectivity index (χ0) is 14.3. The average molecular weight is 287 g/mol. The van der Waals surface area contributed by atoms with Crippen LogP contribution < -0.4 is 15.4 Å². The molecule has 1 heterocycles. The number of hydrogen-bond acceptors (Lipinski definition) is 7. The molecule has 0 aliphatic rings. The molecule has 0 radical (unpaired) electrons. The molecule has 0 fully saturated rings. The van der Waals surface area contributed by atoms with E-state index in [9.17, 15) is 4.21 Å². The Morgan fingerprint density at radius 2 is 2.00 bits per heavy atom. The van der Waals surface area contributed by atoms with Crippen LogP contribution in [0.5, 0.6) is 6.01 Å². The molecule has 0 saturated carbocycles. The molecule has 0 spiro atoms. The van der Waals surface area contributed by atoms with Gasteiger partial charge in [-0.15, -0.1) is 0 Å². The molecule has 0 aromatic carbocycles. The number of ether oxygens (including phenoxy) is 1. The van der Waals surface area contributed by atoms with Crippen molar-refractivity contribution in [1.82, 2.24) is 15.0 Å². The van der Waals surface area contributed by atoms with Gasteiger partial charge in [-0.3, -0.25) is 4.21 Å². The van der Waals surface area contributed by atoms with Gasteiger partial charge in [0.1, 0.15) is 0 Å². The number of hydrogen-bond donors (Lipinski definition) is 2. The Kier molecular flexibility index (Phi) is 6.48. The summed E-state index contributed by atoms with van der Waals surface area (Å²) in [6.07, 6.45) is 2.48. The van der Waals surface area contributed by atoms with Crippen LogP contribution in [0.15, 0.2) is 0 Å². The molecule has 8 heteroatoms. The molecule has 0 saturated heterocycles. The highest BCUT2D eigenvalue weighted by Crippen LogP contribution is 2.12. The molecule has 0 bridgehead atoms. The third-order valence-electron chi connectivity index (χ3n) is 2.33. The smallest absolute Gasteiger partial charge is 0.323 e. The van der Waals surface area contributed by atoms with Crippen molar-refractivity contribution in [2.75, 3.05) is 36.3 Å². The van der Waals surface area contributed by atoms with Crippen LogP contribution in [0.1, 0.15) is 20.3 Å². The third kappa shape index (κ3) is 5.82. The van der Waals surface area contributed by atoms with Gasteiger partial charge in [-0.1, -0.05) is 0 Å². The Balaban J connectivity index is 2.70. The summed E-state index contributed by atoms with van der Waals surface area (Å²) in [6.45, 7) is 4.36. The normalized spacial score (nSPS) is 13.7. The largest absolute Gasteiger partial charge is 0.464 e. The SMILES string of the molecule is CCOc1nc(NC)nc(NC(C)CCS(C)=O)n1. The van der Waals surface area contributed by atoms with Crippen molar-refractivity contribution in [3.8, 4) is 6.01 Å². The van der Waals surface area contributed by atoms with Crippen molar-refractivity contribution in [3.63, 3.8) is 0 Å². The highest BCUT2D eigenvalue weighted by atomic mass is 32.2. The first-order chi connectivity index (χ1) is 9.05. The summed E-state index contributed by atoms with van der Waals surface area (Å²) >= 11 is 0. The van der Waals surface area contributed by atoms with Crippen LogP contribution in [0.3, 0.4) is 0 Å². The molecule has 1 aromatic rings. The van der Waals surface area contributed by atoms with Gasteiger partial charge in [-0.2, -0.15) is 15.0 Å². The van der Waals surface area contributed by atoms with E-state index in [1.807, 2.05) is 13.8 Å². The summed E-state index contributed by atoms with van der Waals surface area (Å²) < 4.78 is 16.3. The van der Waals surface area contributed by atoms with Gasteiger partial charge in [0.2, 0.25) is 11.9 Å². The van der Waals surface area contributed by atoms with E-state index in [0.717, 1.165) is 6.42 Å². The molecule has 2 unspecified atom stereocenters. The van der Waals surface area contributed by atoms with Crippen LogP contribution in [-0.4, -0.2) is 50.9 Å². The first kappa shape index (κ1) is 15.6. The summed E-state index contributed by atoms with van der Waals surface area (Å²) in [5.41, 5.74) is 0. The van der Waals surface area contributed by atoms with E-state index in [1.165, 1.54) is 0 Å². The zero-order valence-electron chi connectivity index (χ0n) is 11.8. The first-order valence-electron chi connectivity index (χ1n) is 6.18. The quantitative estimate of drug-likeness (QED) is 0.733. The molecule has 0 aliphatic carbocycles. The van der Waals surface area contributed by atoms with Crippen LogP contribution >= 0.6 is 0 Å². The van der Waals surface area contributed by atoms with Crippen molar-refractivity contribution in [2.24, 2.45) is 0 Å². The van der Waals surface area contributed by atoms with E-state index in [2.05, 4.69) is 25.6 Å². The zero-order valence-corrected chi connectivity index (χ0v) is 12.6. The molecule has 2 N–H and O–H groups in total. The van der Waals surface area contributed by atoms with Gasteiger partial charge in [0, 0.05) is 35.9 Å². The second kappa shape index (κ2) is 7.88. The van der Waals surface area contributed by atoms with Gasteiger partial charge in [0.15, 0.2) is 0 Å². The van der Waals surface area contributed by atoms with Gasteiger partial charge >= 0.3 is 6.01 Å². The third-order valence-corrected chi connectivity index (χ3v) is 3.14. The van der Waals surface area contributed by atoms with E-state index in [-0.39, 0.29) is 12.1 Å². The van der Waals surface area contributed by atoms with Crippen LogP contribution in [-0.2, 0) is 10.8 Å². The predicted octanol–water partition coefficient (Wildman–Crippen LogP) is 0.881. The number of nitrogens with one attached hydrogen (secondary N) is 2. The fourth-order valence-corrected chi connectivity index (χ4v) is 2.05. The number of nitrogens with zero attached hydrogens (tertiary/aromatic N) is 3. The molecule has 0 amide bonds. The molecule has 19 heavy (non-hydrogen) atoms. The maximum atomic E-state index is 11.1. The maximum absolute atomic E-state index is 11.1. The number of anilines is 2. The van der Waals surface area contributed by atoms with Crippen molar-refractivity contribution < 1.29 is 8.95 Å². The van der Waals surface area contributed by atoms with Crippen LogP contribution in [0.25, 0.3) is 0 Å². The van der Waals surface area contributed by atoms with Gasteiger partial charge < -0.3 is 15.4 Å². The van der Waals surface area contributed by atoms with Gasteiger partial charge in [0.05, 0.1) is 6.61 Å². The first-order valence-corrected chi connectivity index (χ1v) is 7.91. The molecule has 1 aromatic heterocycles. The summed E-state index contributed by atoms with van der Waals surface area (Å²) in [5.74, 6) is 1.56. The van der Waals surface area contributed by atoms with E-state index in [1.54, 1.807) is 13.3 Å². The van der Waals surface area contributed by atoms with E-state index in [4.69, 9.17) is 4.74 Å². The number of aromatic nitrogens is 3. The topological polar surface area (TPSA) is 89.0 Å². The Bertz CT molecular complexity index is 430. The average Bonchev–Trinajstić information content (AvgIpc) is 2.36. The lowest BCUT2D eigenvalue weighted by atomic mass is 10.3. The van der Waals surface area contributed by atoms with E-state index in [0.29, 0.717) is 24.3 Å². The molecule has 7 nitrogen and oxygen atoms in total. The van der Waals surface area contributed by atoms with E-state index >= 15 is 0 Å². The minimum atomic E-state index is -0.788. The lowest BCUT2D eigenvalue weighted by Crippen LogP contribution is -2.20. The molecule has 0 aliphatic heterocycles. The molecular weight excluding hydrogens is 266 g/mol. The molecule has 1 rings (SSSR count). The Hall–Kier alpha value is -1.44. The van der Waals surface area contributed by atoms with E-state index < -0.39 is 10.8 Å². The van der Waals surface area contributed by atoms with Crippen LogP contribution in [0.2, 0.25) is 0 Å².